The Morgan fingerprint density at radius 1 is 0.263 bits per heavy atom. The van der Waals surface area contributed by atoms with Crippen molar-refractivity contribution in [2.75, 3.05) is 40.6 Å². The number of ketones is 3. The van der Waals surface area contributed by atoms with Gasteiger partial charge in [-0.15, -0.1) is 0 Å². The Hall–Kier alpha value is -16.2. The number of carbonyl (C=O) groups is 10. The maximum absolute atomic E-state index is 13.0. The predicted octanol–water partition coefficient (Wildman–Crippen LogP) is 24.9. The lowest BCUT2D eigenvalue weighted by Crippen LogP contribution is -2.14. The molecule has 13 aromatic carbocycles. The zero-order valence-electron chi connectivity index (χ0n) is 78.3. The van der Waals surface area contributed by atoms with Crippen LogP contribution in [-0.2, 0) is 9.47 Å². The van der Waals surface area contributed by atoms with Crippen LogP contribution in [0.1, 0.15) is 224 Å². The second-order valence-electron chi connectivity index (χ2n) is 31.9. The Kier molecular flexibility index (Phi) is 38.2. The van der Waals surface area contributed by atoms with Gasteiger partial charge in [0.05, 0.1) is 79.6 Å². The monoisotopic (exact) mass is 1840 g/mol. The van der Waals surface area contributed by atoms with E-state index in [0.29, 0.717) is 134 Å². The quantitative estimate of drug-likeness (QED) is 0.0199. The Labute approximate surface area is 797 Å². The van der Waals surface area contributed by atoms with Crippen molar-refractivity contribution in [1.29, 1.82) is 0 Å². The molecule has 700 valence electrons. The first kappa shape index (κ1) is 101. The van der Waals surface area contributed by atoms with Gasteiger partial charge in [-0.2, -0.15) is 0 Å². The number of benzene rings is 13. The topological polar surface area (TPSA) is 285 Å². The molecule has 14 aromatic rings. The van der Waals surface area contributed by atoms with Gasteiger partial charge in [-0.25, -0.2) is 33.6 Å². The molecule has 0 saturated carbocycles. The third-order valence-corrected chi connectivity index (χ3v) is 22.1. The molecule has 137 heavy (non-hydrogen) atoms. The number of nitrogens with zero attached hydrogens (tertiary/aromatic N) is 1. The summed E-state index contributed by atoms with van der Waals surface area (Å²) in [5.41, 5.74) is 9.44. The highest BCUT2D eigenvalue weighted by atomic mass is 16.6. The minimum Gasteiger partial charge on any atom is -0.497 e. The number of pyridine rings is 1. The number of aryl methyl sites for hydroxylation is 2. The van der Waals surface area contributed by atoms with Crippen molar-refractivity contribution in [2.45, 2.75) is 107 Å². The van der Waals surface area contributed by atoms with Gasteiger partial charge in [0, 0.05) is 34.0 Å². The van der Waals surface area contributed by atoms with Gasteiger partial charge >= 0.3 is 41.8 Å². The Morgan fingerprint density at radius 3 is 0.891 bits per heavy atom. The third-order valence-electron chi connectivity index (χ3n) is 22.1. The molecule has 0 fully saturated rings. The van der Waals surface area contributed by atoms with Crippen LogP contribution in [0.25, 0.3) is 21.9 Å². The number of rotatable bonds is 37. The third kappa shape index (κ3) is 30.4. The molecule has 0 aliphatic heterocycles. The first-order chi connectivity index (χ1) is 66.4. The number of ether oxygens (including phenoxy) is 11. The number of fused-ring (bicyclic) bond motifs is 1. The van der Waals surface area contributed by atoms with Crippen LogP contribution >= 0.6 is 0 Å². The second kappa shape index (κ2) is 51.7. The molecule has 1 heterocycles. The molecule has 2 atom stereocenters. The van der Waals surface area contributed by atoms with Gasteiger partial charge in [0.15, 0.2) is 11.6 Å². The molecule has 0 amide bonds. The van der Waals surface area contributed by atoms with E-state index in [4.69, 9.17) is 52.1 Å². The molecular formula is C115H109NO21. The van der Waals surface area contributed by atoms with Gasteiger partial charge < -0.3 is 52.1 Å². The molecule has 0 saturated heterocycles. The fraction of sp³-hybridized carbons (Fsp3) is 0.209. The van der Waals surface area contributed by atoms with Crippen LogP contribution in [0.2, 0.25) is 0 Å². The molecule has 0 bridgehead atoms. The van der Waals surface area contributed by atoms with Crippen molar-refractivity contribution in [2.24, 2.45) is 11.8 Å². The van der Waals surface area contributed by atoms with Crippen molar-refractivity contribution >= 4 is 69.9 Å². The fourth-order valence-electron chi connectivity index (χ4n) is 13.8. The van der Waals surface area contributed by atoms with E-state index < -0.39 is 41.8 Å². The van der Waals surface area contributed by atoms with Gasteiger partial charge in [0.2, 0.25) is 5.78 Å². The van der Waals surface area contributed by atoms with Crippen molar-refractivity contribution in [3.05, 3.63) is 405 Å². The molecule has 0 N–H and O–H groups in total. The highest BCUT2D eigenvalue weighted by molar-refractivity contribution is 6.12. The number of aromatic nitrogens is 1. The van der Waals surface area contributed by atoms with Crippen LogP contribution in [0.3, 0.4) is 0 Å². The van der Waals surface area contributed by atoms with E-state index >= 15 is 0 Å². The number of esters is 7. The second-order valence-corrected chi connectivity index (χ2v) is 31.9. The summed E-state index contributed by atoms with van der Waals surface area (Å²) < 4.78 is 59.1. The largest absolute Gasteiger partial charge is 0.497 e. The molecule has 22 nitrogen and oxygen atoms in total. The minimum atomic E-state index is -0.589. The Morgan fingerprint density at radius 2 is 0.526 bits per heavy atom. The number of carbonyl (C=O) groups excluding carboxylic acids is 10. The van der Waals surface area contributed by atoms with E-state index in [1.807, 2.05) is 94.4 Å². The first-order valence-corrected chi connectivity index (χ1v) is 45.4. The van der Waals surface area contributed by atoms with Gasteiger partial charge in [-0.1, -0.05) is 180 Å². The molecule has 1 aromatic heterocycles. The van der Waals surface area contributed by atoms with Crippen LogP contribution in [0.4, 0.5) is 0 Å². The van der Waals surface area contributed by atoms with Crippen LogP contribution in [0, 0.1) is 25.7 Å². The van der Waals surface area contributed by atoms with Crippen molar-refractivity contribution in [3.63, 3.8) is 0 Å². The van der Waals surface area contributed by atoms with Crippen LogP contribution in [-0.4, -0.2) is 105 Å². The fourth-order valence-corrected chi connectivity index (χ4v) is 13.8. The average Bonchev–Trinajstić information content (AvgIpc) is 0.804. The van der Waals surface area contributed by atoms with Crippen LogP contribution in [0.15, 0.2) is 322 Å². The summed E-state index contributed by atoms with van der Waals surface area (Å²) in [7, 11) is 3.16. The van der Waals surface area contributed by atoms with E-state index in [1.165, 1.54) is 24.4 Å². The molecule has 0 aliphatic carbocycles. The number of hydrogen-bond donors (Lipinski definition) is 0. The molecule has 0 spiro atoms. The van der Waals surface area contributed by atoms with Gasteiger partial charge in [0.1, 0.15) is 57.4 Å². The summed E-state index contributed by atoms with van der Waals surface area (Å²) in [6.07, 6.45) is 9.80. The van der Waals surface area contributed by atoms with E-state index in [0.717, 1.165) is 95.9 Å². The molecular weight excluding hydrogens is 1730 g/mol. The zero-order valence-corrected chi connectivity index (χ0v) is 78.3. The maximum atomic E-state index is 13.0. The predicted molar refractivity (Wildman–Crippen MR) is 525 cm³/mol. The molecule has 22 heteroatoms. The van der Waals surface area contributed by atoms with Crippen molar-refractivity contribution < 1.29 is 100 Å². The number of unbranched alkanes of at least 4 members (excludes halogenated alkanes) is 2. The van der Waals surface area contributed by atoms with E-state index in [2.05, 4.69) is 32.7 Å². The first-order valence-electron chi connectivity index (χ1n) is 45.4. The molecule has 2 unspecified atom stereocenters. The van der Waals surface area contributed by atoms with Gasteiger partial charge in [0.25, 0.3) is 0 Å². The zero-order chi connectivity index (χ0) is 97.5. The standard InChI is InChI=1S/C38H46O7.C30H26O6.C26H20O5.C21H17NO3/c1-5-9-11-27(7-3)25-43-36(40)31-17-13-29(14-18-31)35(39)30-15-19-33(20-16-30)38(42)45-34-23-21-32(22-24-34)37(41)44-26-28(8-4)12-10-6-2;1-3-33-25-13-17-27(18-14-25)35-29(31)23-9-5-21(6-10-23)22-7-11-24(12-8-22)30(32)36-28-19-15-26(16-20-28)34-4-2;1-29-22-9-7-17(8-10-22)25(27)20-5-3-19-16-21(6-4-18(19)15-20)26(28)31-24-13-11-23(30-2)12-14-24;1-14-3-7-16(8-4-14)20(23)19-12-9-17(13-22-19)21(24)25-18-10-5-15(2)6-11-18/h13-24,27-28H,5-12,25-26H2,1-4H3;5-20H,3-4H2,1-2H3;3-16H,1-2H3;3-13H,1-2H3. The lowest BCUT2D eigenvalue weighted by molar-refractivity contribution is 0.0419. The number of methoxy groups -OCH3 is 2. The Bertz CT molecular complexity index is 6260. The smallest absolute Gasteiger partial charge is 0.345 e. The highest BCUT2D eigenvalue weighted by Crippen LogP contribution is 2.30. The van der Waals surface area contributed by atoms with Crippen LogP contribution in [0.5, 0.6) is 51.7 Å². The van der Waals surface area contributed by atoms with Crippen LogP contribution < -0.4 is 42.6 Å². The molecule has 14 rings (SSSR count). The van der Waals surface area contributed by atoms with E-state index in [1.54, 1.807) is 245 Å². The van der Waals surface area contributed by atoms with Gasteiger partial charge in [-0.05, 0) is 287 Å². The Balaban J connectivity index is 0.000000179. The number of hydrogen-bond acceptors (Lipinski definition) is 22. The molecule has 0 aliphatic rings. The normalized spacial score (nSPS) is 11.0. The summed E-state index contributed by atoms with van der Waals surface area (Å²) in [6, 6.07) is 88.8. The SMILES string of the molecule is CCCCC(CC)COC(=O)c1ccc(OC(=O)c2ccc(C(=O)c3ccc(C(=O)OCC(CC)CCCC)cc3)cc2)cc1.CCOc1ccc(OC(=O)c2ccc(-c3ccc(C(=O)Oc4ccc(OCC)cc4)cc3)cc2)cc1.COc1ccc(OC(=O)c2ccc3cc(C(=O)c4ccc(OC)cc4)ccc3c2)cc1.Cc1ccc(OC(=O)c2ccc(C(=O)c3ccc(C)cc3)nc2)cc1. The minimum absolute atomic E-state index is 0.0763. The summed E-state index contributed by atoms with van der Waals surface area (Å²) in [6.45, 7) is 18.1. The van der Waals surface area contributed by atoms with Crippen molar-refractivity contribution in [1.82, 2.24) is 4.98 Å². The lowest BCUT2D eigenvalue weighted by Gasteiger charge is -2.14. The lowest BCUT2D eigenvalue weighted by atomic mass is 9.99. The van der Waals surface area contributed by atoms with E-state index in [9.17, 15) is 47.9 Å². The van der Waals surface area contributed by atoms with Crippen molar-refractivity contribution in [3.8, 4) is 62.9 Å². The maximum Gasteiger partial charge on any atom is 0.345 e. The average molecular weight is 1840 g/mol. The van der Waals surface area contributed by atoms with Gasteiger partial charge in [-0.3, -0.25) is 19.4 Å². The summed E-state index contributed by atoms with van der Waals surface area (Å²) in [4.78, 5) is 130. The molecule has 0 radical (unpaired) electrons. The summed E-state index contributed by atoms with van der Waals surface area (Å²) in [5, 5.41) is 1.70. The highest BCUT2D eigenvalue weighted by Gasteiger charge is 2.22. The summed E-state index contributed by atoms with van der Waals surface area (Å²) in [5.74, 6) is 1.87. The van der Waals surface area contributed by atoms with E-state index in [-0.39, 0.29) is 34.4 Å². The summed E-state index contributed by atoms with van der Waals surface area (Å²) >= 11 is 0.